The van der Waals surface area contributed by atoms with Crippen LogP contribution in [0.25, 0.3) is 22.2 Å². The van der Waals surface area contributed by atoms with Crippen molar-refractivity contribution in [1.82, 2.24) is 9.55 Å². The molecule has 0 bridgehead atoms. The molecule has 1 aliphatic rings. The Kier molecular flexibility index (Phi) is 5.43. The van der Waals surface area contributed by atoms with E-state index in [0.29, 0.717) is 34.6 Å². The van der Waals surface area contributed by atoms with Gasteiger partial charge in [0.2, 0.25) is 5.88 Å². The van der Waals surface area contributed by atoms with Crippen molar-refractivity contribution in [3.05, 3.63) is 60.3 Å². The minimum atomic E-state index is -2.13. The number of nitrogens with two attached hydrogens (primary N) is 2. The lowest BCUT2D eigenvalue weighted by Gasteiger charge is -2.14. The summed E-state index contributed by atoms with van der Waals surface area (Å²) in [6.45, 7) is 2.83. The van der Waals surface area contributed by atoms with Gasteiger partial charge in [0.1, 0.15) is 5.75 Å². The summed E-state index contributed by atoms with van der Waals surface area (Å²) in [5.74, 6) is 1.62. The molecule has 0 radical (unpaired) electrons. The van der Waals surface area contributed by atoms with E-state index in [1.807, 2.05) is 37.3 Å². The number of rotatable bonds is 7. The predicted molar refractivity (Wildman–Crippen MR) is 132 cm³/mol. The molecule has 1 fully saturated rings. The number of nitrogens with zero attached hydrogens (tertiary/aromatic N) is 2. The molecule has 2 aromatic carbocycles. The van der Waals surface area contributed by atoms with E-state index >= 15 is 0 Å². The van der Waals surface area contributed by atoms with Crippen molar-refractivity contribution in [3.63, 3.8) is 0 Å². The average molecular weight is 464 g/mol. The molecule has 1 unspecified atom stereocenters. The average Bonchev–Trinajstić information content (AvgIpc) is 3.55. The van der Waals surface area contributed by atoms with Crippen LogP contribution in [0.1, 0.15) is 18.4 Å². The van der Waals surface area contributed by atoms with Crippen LogP contribution in [0.15, 0.2) is 54.7 Å². The van der Waals surface area contributed by atoms with Crippen molar-refractivity contribution in [2.75, 3.05) is 16.2 Å². The van der Waals surface area contributed by atoms with Crippen molar-refractivity contribution in [2.45, 2.75) is 26.3 Å². The van der Waals surface area contributed by atoms with Crippen molar-refractivity contribution >= 4 is 39.2 Å². The third kappa shape index (κ3) is 4.24. The first-order chi connectivity index (χ1) is 15.9. The quantitative estimate of drug-likeness (QED) is 0.288. The standard InChI is InChI=1S/C24H25N5O3S/c1-14-11-16(28-33(30)31)6-8-18(14)23-22(26)19-9-7-17(32-24-20(25)3-2-10-27-24)12-21(19)29(23)13-15-4-5-15/h2-3,6-12,15,28H,4-5,13,25-26H2,1H3,(H,30,31). The topological polar surface area (TPSA) is 128 Å². The van der Waals surface area contributed by atoms with E-state index in [2.05, 4.69) is 14.3 Å². The number of benzene rings is 2. The summed E-state index contributed by atoms with van der Waals surface area (Å²) < 4.78 is 31.0. The van der Waals surface area contributed by atoms with Crippen LogP contribution in [0, 0.1) is 12.8 Å². The normalized spacial score (nSPS) is 14.4. The van der Waals surface area contributed by atoms with Gasteiger partial charge in [0.25, 0.3) is 11.3 Å². The Morgan fingerprint density at radius 3 is 2.73 bits per heavy atom. The fraction of sp³-hybridized carbons (Fsp3) is 0.208. The summed E-state index contributed by atoms with van der Waals surface area (Å²) in [5, 5.41) is 0.949. The summed E-state index contributed by atoms with van der Waals surface area (Å²) >= 11 is -2.13. The molecule has 0 spiro atoms. The zero-order chi connectivity index (χ0) is 23.1. The zero-order valence-corrected chi connectivity index (χ0v) is 18.9. The highest BCUT2D eigenvalue weighted by Gasteiger charge is 2.26. The van der Waals surface area contributed by atoms with Crippen LogP contribution in [-0.4, -0.2) is 18.3 Å². The third-order valence-electron chi connectivity index (χ3n) is 5.91. The second-order valence-electron chi connectivity index (χ2n) is 8.38. The Hall–Kier alpha value is -3.56. The van der Waals surface area contributed by atoms with Gasteiger partial charge in [-0.25, -0.2) is 9.19 Å². The van der Waals surface area contributed by atoms with Gasteiger partial charge in [-0.05, 0) is 67.6 Å². The largest absolute Gasteiger partial charge is 0.437 e. The highest BCUT2D eigenvalue weighted by atomic mass is 32.2. The van der Waals surface area contributed by atoms with Crippen LogP contribution in [0.4, 0.5) is 17.1 Å². The number of aromatic nitrogens is 2. The van der Waals surface area contributed by atoms with Gasteiger partial charge in [-0.1, -0.05) is 6.07 Å². The lowest BCUT2D eigenvalue weighted by molar-refractivity contribution is 0.466. The number of ether oxygens (including phenoxy) is 1. The minimum Gasteiger partial charge on any atom is -0.437 e. The molecule has 5 rings (SSSR count). The number of hydrogen-bond donors (Lipinski definition) is 4. The fourth-order valence-corrected chi connectivity index (χ4v) is 4.48. The molecule has 4 aromatic rings. The van der Waals surface area contributed by atoms with E-state index in [-0.39, 0.29) is 0 Å². The number of anilines is 3. The minimum absolute atomic E-state index is 0.366. The first kappa shape index (κ1) is 21.3. The summed E-state index contributed by atoms with van der Waals surface area (Å²) in [5.41, 5.74) is 18.3. The molecule has 2 heterocycles. The third-order valence-corrected chi connectivity index (χ3v) is 6.33. The molecular weight excluding hydrogens is 438 g/mol. The summed E-state index contributed by atoms with van der Waals surface area (Å²) in [4.78, 5) is 4.22. The molecule has 1 atom stereocenters. The summed E-state index contributed by atoms with van der Waals surface area (Å²) in [6.07, 6.45) is 4.04. The maximum absolute atomic E-state index is 11.1. The first-order valence-electron chi connectivity index (χ1n) is 10.7. The number of nitrogens with one attached hydrogen (secondary N) is 1. The fourth-order valence-electron chi connectivity index (χ4n) is 4.15. The van der Waals surface area contributed by atoms with Crippen molar-refractivity contribution in [2.24, 2.45) is 5.92 Å². The number of pyridine rings is 1. The Labute approximate surface area is 194 Å². The maximum atomic E-state index is 11.1. The van der Waals surface area contributed by atoms with Gasteiger partial charge in [0.15, 0.2) is 0 Å². The monoisotopic (exact) mass is 463 g/mol. The number of hydrogen-bond acceptors (Lipinski definition) is 5. The van der Waals surface area contributed by atoms with Crippen molar-refractivity contribution < 1.29 is 13.5 Å². The van der Waals surface area contributed by atoms with Gasteiger partial charge in [0, 0.05) is 35.4 Å². The highest BCUT2D eigenvalue weighted by Crippen LogP contribution is 2.42. The summed E-state index contributed by atoms with van der Waals surface area (Å²) in [7, 11) is 0. The second kappa shape index (κ2) is 8.42. The van der Waals surface area contributed by atoms with E-state index in [4.69, 9.17) is 20.8 Å². The predicted octanol–water partition coefficient (Wildman–Crippen LogP) is 4.93. The molecule has 9 heteroatoms. The van der Waals surface area contributed by atoms with Gasteiger partial charge in [-0.2, -0.15) is 0 Å². The van der Waals surface area contributed by atoms with Gasteiger partial charge < -0.3 is 20.8 Å². The van der Waals surface area contributed by atoms with Crippen LogP contribution in [0.3, 0.4) is 0 Å². The molecule has 8 nitrogen and oxygen atoms in total. The molecule has 0 saturated heterocycles. The number of fused-ring (bicyclic) bond motifs is 1. The van der Waals surface area contributed by atoms with E-state index in [1.165, 1.54) is 12.8 Å². The van der Waals surface area contributed by atoms with Gasteiger partial charge in [-0.3, -0.25) is 9.27 Å². The van der Waals surface area contributed by atoms with Gasteiger partial charge in [0.05, 0.1) is 22.6 Å². The molecule has 6 N–H and O–H groups in total. The SMILES string of the molecule is Cc1cc(NS(=O)O)ccc1-c1c(N)c2ccc(Oc3ncccc3N)cc2n1CC1CC1. The second-order valence-corrected chi connectivity index (χ2v) is 9.08. The van der Waals surface area contributed by atoms with E-state index < -0.39 is 11.3 Å². The van der Waals surface area contributed by atoms with Crippen LogP contribution >= 0.6 is 0 Å². The van der Waals surface area contributed by atoms with Crippen molar-refractivity contribution in [1.29, 1.82) is 0 Å². The Balaban J connectivity index is 1.62. The molecule has 2 aromatic heterocycles. The lowest BCUT2D eigenvalue weighted by atomic mass is 10.0. The number of aryl methyl sites for hydroxylation is 1. The van der Waals surface area contributed by atoms with Crippen LogP contribution in [0.5, 0.6) is 11.6 Å². The molecule has 0 aliphatic heterocycles. The first-order valence-corrected chi connectivity index (χ1v) is 11.8. The summed E-state index contributed by atoms with van der Waals surface area (Å²) in [6, 6.07) is 14.9. The van der Waals surface area contributed by atoms with E-state index in [1.54, 1.807) is 24.4 Å². The lowest BCUT2D eigenvalue weighted by Crippen LogP contribution is -2.05. The maximum Gasteiger partial charge on any atom is 0.259 e. The van der Waals surface area contributed by atoms with Gasteiger partial charge in [-0.15, -0.1) is 0 Å². The molecule has 170 valence electrons. The highest BCUT2D eigenvalue weighted by molar-refractivity contribution is 7.80. The van der Waals surface area contributed by atoms with Crippen LogP contribution in [-0.2, 0) is 17.8 Å². The molecular formula is C24H25N5O3S. The zero-order valence-electron chi connectivity index (χ0n) is 18.1. The molecule has 1 aliphatic carbocycles. The number of nitrogen functional groups attached to an aromatic ring is 2. The van der Waals surface area contributed by atoms with Crippen LogP contribution in [0.2, 0.25) is 0 Å². The Morgan fingerprint density at radius 1 is 1.21 bits per heavy atom. The molecule has 33 heavy (non-hydrogen) atoms. The van der Waals surface area contributed by atoms with Crippen molar-refractivity contribution in [3.8, 4) is 22.9 Å². The smallest absolute Gasteiger partial charge is 0.259 e. The van der Waals surface area contributed by atoms with E-state index in [0.717, 1.165) is 34.3 Å². The Morgan fingerprint density at radius 2 is 2.03 bits per heavy atom. The molecule has 1 saturated carbocycles. The molecule has 0 amide bonds. The van der Waals surface area contributed by atoms with Crippen LogP contribution < -0.4 is 20.9 Å². The van der Waals surface area contributed by atoms with Gasteiger partial charge >= 0.3 is 0 Å². The van der Waals surface area contributed by atoms with E-state index in [9.17, 15) is 4.21 Å². The Bertz CT molecular complexity index is 1380.